The summed E-state index contributed by atoms with van der Waals surface area (Å²) in [5, 5.41) is 0. The molecule has 0 spiro atoms. The highest BCUT2D eigenvalue weighted by atomic mass is 19.4. The van der Waals surface area contributed by atoms with E-state index in [0.29, 0.717) is 24.2 Å². The number of fused-ring (bicyclic) bond motifs is 5. The van der Waals surface area contributed by atoms with Gasteiger partial charge in [0.05, 0.1) is 0 Å². The number of halogens is 3. The summed E-state index contributed by atoms with van der Waals surface area (Å²) in [6, 6.07) is 0. The van der Waals surface area contributed by atoms with Gasteiger partial charge in [0.2, 0.25) is 0 Å². The van der Waals surface area contributed by atoms with Crippen LogP contribution in [-0.4, -0.2) is 18.2 Å². The van der Waals surface area contributed by atoms with Crippen LogP contribution < -0.4 is 0 Å². The number of hydrogen-bond donors (Lipinski definition) is 0. The maximum Gasteiger partial charge on any atom is 0.399 e. The van der Waals surface area contributed by atoms with Gasteiger partial charge in [-0.2, -0.15) is 13.2 Å². The molecule has 35 heavy (non-hydrogen) atoms. The summed E-state index contributed by atoms with van der Waals surface area (Å²) in [4.78, 5) is 11.8. The Kier molecular flexibility index (Phi) is 7.76. The second-order valence-corrected chi connectivity index (χ2v) is 13.4. The van der Waals surface area contributed by atoms with Crippen molar-refractivity contribution in [3.05, 3.63) is 11.6 Å². The average molecular weight is 497 g/mol. The Morgan fingerprint density at radius 2 is 1.80 bits per heavy atom. The lowest BCUT2D eigenvalue weighted by molar-refractivity contribution is -0.177. The van der Waals surface area contributed by atoms with Gasteiger partial charge in [-0.25, -0.2) is 0 Å². The molecular weight excluding hydrogens is 449 g/mol. The lowest BCUT2D eigenvalue weighted by Crippen LogP contribution is -2.51. The zero-order valence-corrected chi connectivity index (χ0v) is 22.6. The van der Waals surface area contributed by atoms with Crippen molar-refractivity contribution in [3.8, 4) is 0 Å². The van der Waals surface area contributed by atoms with Crippen molar-refractivity contribution in [1.82, 2.24) is 0 Å². The minimum atomic E-state index is -4.50. The van der Waals surface area contributed by atoms with Crippen molar-refractivity contribution in [1.29, 1.82) is 0 Å². The first-order chi connectivity index (χ1) is 16.3. The van der Waals surface area contributed by atoms with E-state index in [9.17, 15) is 18.0 Å². The first-order valence-corrected chi connectivity index (χ1v) is 14.3. The van der Waals surface area contributed by atoms with Gasteiger partial charge in [0.1, 0.15) is 12.5 Å². The predicted octanol–water partition coefficient (Wildman–Crippen LogP) is 8.89. The highest BCUT2D eigenvalue weighted by molar-refractivity contribution is 5.70. The van der Waals surface area contributed by atoms with Crippen molar-refractivity contribution in [2.75, 3.05) is 0 Å². The van der Waals surface area contributed by atoms with Gasteiger partial charge < -0.3 is 4.74 Å². The molecule has 0 heterocycles. The molecule has 5 heteroatoms. The van der Waals surface area contributed by atoms with Gasteiger partial charge >= 0.3 is 12.1 Å². The lowest BCUT2D eigenvalue weighted by Gasteiger charge is -2.58. The van der Waals surface area contributed by atoms with Crippen LogP contribution in [0.4, 0.5) is 13.2 Å². The van der Waals surface area contributed by atoms with Crippen LogP contribution in [0.5, 0.6) is 0 Å². The standard InChI is InChI=1S/C30H47F3O2/c1-19(2)7-6-8-20(3)24-11-12-25-23-10-9-21-17-22(35-27(34)18-30(31,32)33)13-15-28(21,4)26(23)14-16-29(24,25)5/h9,19-20,22-26H,6-8,10-18H2,1-5H3/t20-,22-,23+,24-,25+,26+,28+,29-/m1/s1. The molecule has 3 saturated carbocycles. The highest BCUT2D eigenvalue weighted by Crippen LogP contribution is 2.67. The first kappa shape index (κ1) is 27.0. The number of hydrogen-bond acceptors (Lipinski definition) is 2. The van der Waals surface area contributed by atoms with Gasteiger partial charge in [-0.3, -0.25) is 4.79 Å². The van der Waals surface area contributed by atoms with Crippen LogP contribution in [0.1, 0.15) is 112 Å². The van der Waals surface area contributed by atoms with E-state index >= 15 is 0 Å². The summed E-state index contributed by atoms with van der Waals surface area (Å²) >= 11 is 0. The molecule has 2 nitrogen and oxygen atoms in total. The number of ether oxygens (including phenoxy) is 1. The van der Waals surface area contributed by atoms with Crippen LogP contribution in [0.2, 0.25) is 0 Å². The Morgan fingerprint density at radius 3 is 2.49 bits per heavy atom. The van der Waals surface area contributed by atoms with Crippen molar-refractivity contribution < 1.29 is 22.7 Å². The summed E-state index contributed by atoms with van der Waals surface area (Å²) in [6.45, 7) is 12.1. The topological polar surface area (TPSA) is 26.3 Å². The largest absolute Gasteiger partial charge is 0.462 e. The molecular formula is C30H47F3O2. The molecule has 0 bridgehead atoms. The monoisotopic (exact) mass is 496 g/mol. The predicted molar refractivity (Wildman–Crippen MR) is 134 cm³/mol. The van der Waals surface area contributed by atoms with E-state index in [1.165, 1.54) is 50.5 Å². The second kappa shape index (κ2) is 10.0. The fourth-order valence-electron chi connectivity index (χ4n) is 9.14. The molecule has 0 radical (unpaired) electrons. The summed E-state index contributed by atoms with van der Waals surface area (Å²) in [7, 11) is 0. The van der Waals surface area contributed by atoms with E-state index in [-0.39, 0.29) is 5.41 Å². The molecule has 0 aromatic rings. The minimum Gasteiger partial charge on any atom is -0.462 e. The zero-order chi connectivity index (χ0) is 25.6. The van der Waals surface area contributed by atoms with E-state index in [1.54, 1.807) is 0 Å². The number of rotatable bonds is 7. The number of allylic oxidation sites excluding steroid dienone is 1. The Labute approximate surface area is 210 Å². The van der Waals surface area contributed by atoms with E-state index in [0.717, 1.165) is 42.4 Å². The van der Waals surface area contributed by atoms with E-state index < -0.39 is 24.7 Å². The van der Waals surface area contributed by atoms with Gasteiger partial charge in [-0.1, -0.05) is 65.5 Å². The third kappa shape index (κ3) is 5.49. The third-order valence-electron chi connectivity index (χ3n) is 10.9. The normalized spacial score (nSPS) is 39.9. The van der Waals surface area contributed by atoms with Gasteiger partial charge in [-0.15, -0.1) is 0 Å². The minimum absolute atomic E-state index is 0.109. The summed E-state index contributed by atoms with van der Waals surface area (Å²) in [6.07, 6.45) is 8.65. The average Bonchev–Trinajstić information content (AvgIpc) is 3.09. The SMILES string of the molecule is CC(C)CCC[C@@H](C)[C@H]1CC[C@H]2[C@@H]3CC=C4C[C@H](OC(=O)CC(F)(F)F)CC[C@]4(C)[C@H]3CC[C@]12C. The van der Waals surface area contributed by atoms with Crippen LogP contribution in [-0.2, 0) is 9.53 Å². The van der Waals surface area contributed by atoms with Gasteiger partial charge in [0, 0.05) is 6.42 Å². The molecule has 4 aliphatic carbocycles. The fraction of sp³-hybridized carbons (Fsp3) is 0.900. The molecule has 0 amide bonds. The quantitative estimate of drug-likeness (QED) is 0.260. The van der Waals surface area contributed by atoms with Gasteiger partial charge in [0.15, 0.2) is 0 Å². The maximum atomic E-state index is 12.6. The zero-order valence-electron chi connectivity index (χ0n) is 22.6. The molecule has 0 saturated heterocycles. The molecule has 3 fully saturated rings. The molecule has 4 aliphatic rings. The van der Waals surface area contributed by atoms with Crippen LogP contribution in [0.3, 0.4) is 0 Å². The van der Waals surface area contributed by atoms with Crippen molar-refractivity contribution in [3.63, 3.8) is 0 Å². The summed E-state index contributed by atoms with van der Waals surface area (Å²) < 4.78 is 43.0. The second-order valence-electron chi connectivity index (χ2n) is 13.4. The lowest BCUT2D eigenvalue weighted by atomic mass is 9.47. The molecule has 0 aromatic carbocycles. The smallest absolute Gasteiger partial charge is 0.399 e. The molecule has 0 aliphatic heterocycles. The van der Waals surface area contributed by atoms with E-state index in [1.807, 2.05) is 0 Å². The van der Waals surface area contributed by atoms with Crippen LogP contribution >= 0.6 is 0 Å². The number of carbonyl (C=O) groups excluding carboxylic acids is 1. The van der Waals surface area contributed by atoms with Gasteiger partial charge in [-0.05, 0) is 91.3 Å². The Balaban J connectivity index is 1.42. The third-order valence-corrected chi connectivity index (χ3v) is 10.9. The maximum absolute atomic E-state index is 12.6. The molecule has 200 valence electrons. The first-order valence-electron chi connectivity index (χ1n) is 14.3. The van der Waals surface area contributed by atoms with Crippen molar-refractivity contribution >= 4 is 5.97 Å². The highest BCUT2D eigenvalue weighted by Gasteiger charge is 2.59. The molecule has 0 unspecified atom stereocenters. The van der Waals surface area contributed by atoms with Crippen LogP contribution in [0, 0.1) is 46.3 Å². The molecule has 0 N–H and O–H groups in total. The Bertz CT molecular complexity index is 802. The number of alkyl halides is 3. The van der Waals surface area contributed by atoms with Crippen LogP contribution in [0.25, 0.3) is 0 Å². The van der Waals surface area contributed by atoms with Crippen molar-refractivity contribution in [2.24, 2.45) is 46.3 Å². The summed E-state index contributed by atoms with van der Waals surface area (Å²) in [5.74, 6) is 3.46. The Morgan fingerprint density at radius 1 is 1.06 bits per heavy atom. The van der Waals surface area contributed by atoms with Crippen molar-refractivity contribution in [2.45, 2.75) is 124 Å². The molecule has 8 atom stereocenters. The van der Waals surface area contributed by atoms with Crippen LogP contribution in [0.15, 0.2) is 11.6 Å². The van der Waals surface area contributed by atoms with E-state index in [4.69, 9.17) is 4.74 Å². The van der Waals surface area contributed by atoms with Gasteiger partial charge in [0.25, 0.3) is 0 Å². The number of esters is 1. The number of carbonyl (C=O) groups is 1. The fourth-order valence-corrected chi connectivity index (χ4v) is 9.14. The van der Waals surface area contributed by atoms with E-state index in [2.05, 4.69) is 40.7 Å². The molecule has 0 aromatic heterocycles. The Hall–Kier alpha value is -1.00. The molecule has 4 rings (SSSR count). The summed E-state index contributed by atoms with van der Waals surface area (Å²) in [5.41, 5.74) is 1.90.